The van der Waals surface area contributed by atoms with Crippen molar-refractivity contribution < 1.29 is 9.90 Å². The predicted octanol–water partition coefficient (Wildman–Crippen LogP) is 3.57. The highest BCUT2D eigenvalue weighted by molar-refractivity contribution is 5.90. The number of carboxylic acids is 1. The van der Waals surface area contributed by atoms with E-state index >= 15 is 0 Å². The highest BCUT2D eigenvalue weighted by atomic mass is 16.4. The third-order valence-corrected chi connectivity index (χ3v) is 2.54. The van der Waals surface area contributed by atoms with Gasteiger partial charge >= 0.3 is 5.97 Å². The molecule has 0 rings (SSSR count). The summed E-state index contributed by atoms with van der Waals surface area (Å²) in [5, 5.41) is 8.94. The van der Waals surface area contributed by atoms with E-state index in [1.807, 2.05) is 6.92 Å². The van der Waals surface area contributed by atoms with Crippen LogP contribution in [0.3, 0.4) is 0 Å². The van der Waals surface area contributed by atoms with Crippen molar-refractivity contribution in [2.45, 2.75) is 33.6 Å². The fourth-order valence-electron chi connectivity index (χ4n) is 1.36. The second kappa shape index (κ2) is 7.04. The molecule has 15 heavy (non-hydrogen) atoms. The van der Waals surface area contributed by atoms with Gasteiger partial charge in [0.05, 0.1) is 5.57 Å². The standard InChI is InChI=1S/C13H20O2/c1-5-8-12(13(14)15)9-11(7-3)10(4)6-2/h5,8-10H,1,6-7H2,2-4H3,(H,14,15)/b11-9-,12-8+. The highest BCUT2D eigenvalue weighted by Gasteiger charge is 2.08. The lowest BCUT2D eigenvalue weighted by Gasteiger charge is -2.12. The van der Waals surface area contributed by atoms with Crippen molar-refractivity contribution in [3.63, 3.8) is 0 Å². The van der Waals surface area contributed by atoms with E-state index in [-0.39, 0.29) is 0 Å². The van der Waals surface area contributed by atoms with E-state index in [4.69, 9.17) is 5.11 Å². The van der Waals surface area contributed by atoms with Crippen LogP contribution in [-0.2, 0) is 4.79 Å². The summed E-state index contributed by atoms with van der Waals surface area (Å²) >= 11 is 0. The van der Waals surface area contributed by atoms with Crippen LogP contribution in [0.4, 0.5) is 0 Å². The van der Waals surface area contributed by atoms with Crippen molar-refractivity contribution in [2.75, 3.05) is 0 Å². The molecular formula is C13H20O2. The zero-order valence-corrected chi connectivity index (χ0v) is 9.79. The van der Waals surface area contributed by atoms with Crippen LogP contribution in [0.1, 0.15) is 33.6 Å². The molecule has 0 aliphatic carbocycles. The second-order valence-corrected chi connectivity index (χ2v) is 3.54. The first-order chi connectivity index (χ1) is 7.06. The molecule has 2 nitrogen and oxygen atoms in total. The molecule has 0 aromatic heterocycles. The lowest BCUT2D eigenvalue weighted by atomic mass is 9.94. The maximum Gasteiger partial charge on any atom is 0.335 e. The third-order valence-electron chi connectivity index (χ3n) is 2.54. The summed E-state index contributed by atoms with van der Waals surface area (Å²) in [6.07, 6.45) is 6.71. The largest absolute Gasteiger partial charge is 0.478 e. The quantitative estimate of drug-likeness (QED) is 0.535. The van der Waals surface area contributed by atoms with E-state index in [1.54, 1.807) is 6.08 Å². The van der Waals surface area contributed by atoms with Gasteiger partial charge in [-0.1, -0.05) is 39.0 Å². The minimum Gasteiger partial charge on any atom is -0.478 e. The minimum atomic E-state index is -0.899. The molecule has 0 saturated carbocycles. The number of hydrogen-bond donors (Lipinski definition) is 1. The van der Waals surface area contributed by atoms with Crippen LogP contribution in [0.2, 0.25) is 0 Å². The van der Waals surface area contributed by atoms with Crippen molar-refractivity contribution in [2.24, 2.45) is 5.92 Å². The molecule has 0 aromatic rings. The molecule has 0 aromatic carbocycles. The van der Waals surface area contributed by atoms with Crippen LogP contribution in [0.25, 0.3) is 0 Å². The summed E-state index contributed by atoms with van der Waals surface area (Å²) in [4.78, 5) is 10.9. The Bertz CT molecular complexity index is 285. The topological polar surface area (TPSA) is 37.3 Å². The van der Waals surface area contributed by atoms with Crippen molar-refractivity contribution in [1.29, 1.82) is 0 Å². The molecule has 1 unspecified atom stereocenters. The molecular weight excluding hydrogens is 188 g/mol. The van der Waals surface area contributed by atoms with Gasteiger partial charge in [0.15, 0.2) is 0 Å². The SMILES string of the molecule is C=C/C=C(\C=C(\CC)C(C)CC)C(=O)O. The van der Waals surface area contributed by atoms with E-state index < -0.39 is 5.97 Å². The van der Waals surface area contributed by atoms with Crippen LogP contribution >= 0.6 is 0 Å². The van der Waals surface area contributed by atoms with Crippen molar-refractivity contribution in [3.05, 3.63) is 36.0 Å². The van der Waals surface area contributed by atoms with Crippen LogP contribution < -0.4 is 0 Å². The van der Waals surface area contributed by atoms with Crippen LogP contribution in [0, 0.1) is 5.92 Å². The number of hydrogen-bond acceptors (Lipinski definition) is 1. The number of allylic oxidation sites excluding steroid dienone is 3. The first-order valence-electron chi connectivity index (χ1n) is 5.33. The number of rotatable bonds is 6. The Hall–Kier alpha value is -1.31. The van der Waals surface area contributed by atoms with Crippen LogP contribution in [-0.4, -0.2) is 11.1 Å². The van der Waals surface area contributed by atoms with Gasteiger partial charge in [-0.15, -0.1) is 0 Å². The summed E-state index contributed by atoms with van der Waals surface area (Å²) in [7, 11) is 0. The van der Waals surface area contributed by atoms with Gasteiger partial charge in [-0.2, -0.15) is 0 Å². The Morgan fingerprint density at radius 3 is 2.40 bits per heavy atom. The van der Waals surface area contributed by atoms with Gasteiger partial charge in [-0.05, 0) is 30.9 Å². The summed E-state index contributed by atoms with van der Waals surface area (Å²) in [5.74, 6) is -0.466. The molecule has 0 fully saturated rings. The number of carbonyl (C=O) groups is 1. The average molecular weight is 208 g/mol. The molecule has 0 bridgehead atoms. The highest BCUT2D eigenvalue weighted by Crippen LogP contribution is 2.19. The molecule has 0 aliphatic rings. The van der Waals surface area contributed by atoms with Gasteiger partial charge in [0.1, 0.15) is 0 Å². The third kappa shape index (κ3) is 4.63. The van der Waals surface area contributed by atoms with Gasteiger partial charge in [-0.25, -0.2) is 4.79 Å². The fraction of sp³-hybridized carbons (Fsp3) is 0.462. The van der Waals surface area contributed by atoms with E-state index in [9.17, 15) is 4.79 Å². The Morgan fingerprint density at radius 1 is 1.47 bits per heavy atom. The maximum absolute atomic E-state index is 10.9. The van der Waals surface area contributed by atoms with E-state index in [0.717, 1.165) is 12.8 Å². The lowest BCUT2D eigenvalue weighted by molar-refractivity contribution is -0.132. The smallest absolute Gasteiger partial charge is 0.335 e. The molecule has 2 heteroatoms. The molecule has 0 radical (unpaired) electrons. The van der Waals surface area contributed by atoms with Gasteiger partial charge in [0, 0.05) is 0 Å². The molecule has 1 atom stereocenters. The zero-order chi connectivity index (χ0) is 11.8. The van der Waals surface area contributed by atoms with Crippen LogP contribution in [0.5, 0.6) is 0 Å². The van der Waals surface area contributed by atoms with Gasteiger partial charge in [-0.3, -0.25) is 0 Å². The fourth-order valence-corrected chi connectivity index (χ4v) is 1.36. The Labute approximate surface area is 92.0 Å². The molecule has 0 amide bonds. The molecule has 0 heterocycles. The Kier molecular flexibility index (Phi) is 6.43. The Balaban J connectivity index is 5.00. The van der Waals surface area contributed by atoms with Gasteiger partial charge in [0.2, 0.25) is 0 Å². The summed E-state index contributed by atoms with van der Waals surface area (Å²) < 4.78 is 0. The first-order valence-corrected chi connectivity index (χ1v) is 5.33. The number of aliphatic carboxylic acids is 1. The molecule has 84 valence electrons. The van der Waals surface area contributed by atoms with E-state index in [2.05, 4.69) is 20.4 Å². The minimum absolute atomic E-state index is 0.308. The van der Waals surface area contributed by atoms with Crippen molar-refractivity contribution >= 4 is 5.97 Å². The summed E-state index contributed by atoms with van der Waals surface area (Å²) in [5.41, 5.74) is 1.48. The van der Waals surface area contributed by atoms with Gasteiger partial charge < -0.3 is 5.11 Å². The second-order valence-electron chi connectivity index (χ2n) is 3.54. The maximum atomic E-state index is 10.9. The number of carboxylic acid groups (broad SMARTS) is 1. The van der Waals surface area contributed by atoms with Gasteiger partial charge in [0.25, 0.3) is 0 Å². The average Bonchev–Trinajstić information content (AvgIpc) is 2.22. The normalized spacial score (nSPS) is 14.9. The zero-order valence-electron chi connectivity index (χ0n) is 9.79. The molecule has 0 spiro atoms. The van der Waals surface area contributed by atoms with E-state index in [0.29, 0.717) is 11.5 Å². The first kappa shape index (κ1) is 13.7. The van der Waals surface area contributed by atoms with E-state index in [1.165, 1.54) is 17.7 Å². The van der Waals surface area contributed by atoms with Crippen LogP contribution in [0.15, 0.2) is 36.0 Å². The molecule has 1 N–H and O–H groups in total. The monoisotopic (exact) mass is 208 g/mol. The predicted molar refractivity (Wildman–Crippen MR) is 63.7 cm³/mol. The summed E-state index contributed by atoms with van der Waals surface area (Å²) in [6, 6.07) is 0. The molecule has 0 saturated heterocycles. The lowest BCUT2D eigenvalue weighted by Crippen LogP contribution is -2.02. The van der Waals surface area contributed by atoms with Crippen molar-refractivity contribution in [1.82, 2.24) is 0 Å². The molecule has 0 aliphatic heterocycles. The van der Waals surface area contributed by atoms with Crippen molar-refractivity contribution in [3.8, 4) is 0 Å². The Morgan fingerprint density at radius 2 is 2.07 bits per heavy atom. The summed E-state index contributed by atoms with van der Waals surface area (Å²) in [6.45, 7) is 9.78.